The van der Waals surface area contributed by atoms with E-state index in [2.05, 4.69) is 5.32 Å². The standard InChI is InChI=1S/C15H22FNO2/c1-5-14(15(18)17-11(4)10(2)3)19-13-8-6-12(16)7-9-13/h6-11,14H,5H2,1-4H3,(H,17,18)/t11-,14-/m1/s1. The normalized spacial score (nSPS) is 14.0. The fourth-order valence-electron chi connectivity index (χ4n) is 1.48. The molecule has 0 bridgehead atoms. The lowest BCUT2D eigenvalue weighted by Gasteiger charge is -2.22. The van der Waals surface area contributed by atoms with Gasteiger partial charge in [0.2, 0.25) is 0 Å². The van der Waals surface area contributed by atoms with Crippen molar-refractivity contribution in [1.29, 1.82) is 0 Å². The molecule has 19 heavy (non-hydrogen) atoms. The van der Waals surface area contributed by atoms with Crippen molar-refractivity contribution in [1.82, 2.24) is 5.32 Å². The van der Waals surface area contributed by atoms with Gasteiger partial charge < -0.3 is 10.1 Å². The Morgan fingerprint density at radius 1 is 1.26 bits per heavy atom. The van der Waals surface area contributed by atoms with Crippen LogP contribution in [0.15, 0.2) is 24.3 Å². The average molecular weight is 267 g/mol. The van der Waals surface area contributed by atoms with Crippen LogP contribution in [0.3, 0.4) is 0 Å². The molecule has 0 spiro atoms. The second kappa shape index (κ2) is 7.12. The van der Waals surface area contributed by atoms with Crippen molar-refractivity contribution in [3.05, 3.63) is 30.1 Å². The van der Waals surface area contributed by atoms with Crippen molar-refractivity contribution in [2.75, 3.05) is 0 Å². The highest BCUT2D eigenvalue weighted by molar-refractivity contribution is 5.81. The van der Waals surface area contributed by atoms with E-state index in [-0.39, 0.29) is 17.8 Å². The van der Waals surface area contributed by atoms with E-state index in [4.69, 9.17) is 4.74 Å². The molecule has 0 saturated heterocycles. The van der Waals surface area contributed by atoms with E-state index in [1.165, 1.54) is 24.3 Å². The highest BCUT2D eigenvalue weighted by Gasteiger charge is 2.21. The Morgan fingerprint density at radius 2 is 1.84 bits per heavy atom. The van der Waals surface area contributed by atoms with Crippen LogP contribution in [0.25, 0.3) is 0 Å². The molecule has 0 saturated carbocycles. The highest BCUT2D eigenvalue weighted by atomic mass is 19.1. The molecule has 0 aliphatic carbocycles. The first-order valence-corrected chi connectivity index (χ1v) is 6.66. The summed E-state index contributed by atoms with van der Waals surface area (Å²) in [5, 5.41) is 2.92. The summed E-state index contributed by atoms with van der Waals surface area (Å²) in [5.41, 5.74) is 0. The van der Waals surface area contributed by atoms with Crippen molar-refractivity contribution in [3.8, 4) is 5.75 Å². The second-order valence-electron chi connectivity index (χ2n) is 5.01. The molecule has 0 fully saturated rings. The molecule has 2 atom stereocenters. The van der Waals surface area contributed by atoms with Gasteiger partial charge in [-0.05, 0) is 43.5 Å². The number of ether oxygens (including phenoxy) is 1. The molecule has 1 amide bonds. The Balaban J connectivity index is 2.62. The number of carbonyl (C=O) groups is 1. The predicted octanol–water partition coefficient (Wildman–Crippen LogP) is 3.14. The van der Waals surface area contributed by atoms with Crippen molar-refractivity contribution in [2.24, 2.45) is 5.92 Å². The lowest BCUT2D eigenvalue weighted by Crippen LogP contribution is -2.44. The van der Waals surface area contributed by atoms with Gasteiger partial charge in [-0.15, -0.1) is 0 Å². The molecule has 0 aliphatic rings. The van der Waals surface area contributed by atoms with E-state index < -0.39 is 6.10 Å². The zero-order valence-electron chi connectivity index (χ0n) is 11.9. The summed E-state index contributed by atoms with van der Waals surface area (Å²) in [7, 11) is 0. The van der Waals surface area contributed by atoms with E-state index in [1.54, 1.807) is 0 Å². The van der Waals surface area contributed by atoms with Gasteiger partial charge >= 0.3 is 0 Å². The Hall–Kier alpha value is -1.58. The largest absolute Gasteiger partial charge is 0.481 e. The van der Waals surface area contributed by atoms with Gasteiger partial charge in [-0.1, -0.05) is 20.8 Å². The Kier molecular flexibility index (Phi) is 5.80. The molecule has 1 rings (SSSR count). The van der Waals surface area contributed by atoms with Crippen LogP contribution in [-0.4, -0.2) is 18.1 Å². The first-order chi connectivity index (χ1) is 8.93. The van der Waals surface area contributed by atoms with Gasteiger partial charge in [0.1, 0.15) is 11.6 Å². The number of halogens is 1. The lowest BCUT2D eigenvalue weighted by molar-refractivity contribution is -0.129. The summed E-state index contributed by atoms with van der Waals surface area (Å²) in [6.45, 7) is 7.94. The van der Waals surface area contributed by atoms with Gasteiger partial charge in [0.25, 0.3) is 5.91 Å². The molecule has 0 unspecified atom stereocenters. The zero-order chi connectivity index (χ0) is 14.4. The highest BCUT2D eigenvalue weighted by Crippen LogP contribution is 2.14. The average Bonchev–Trinajstić information content (AvgIpc) is 2.37. The molecular formula is C15H22FNO2. The predicted molar refractivity (Wildman–Crippen MR) is 73.5 cm³/mol. The van der Waals surface area contributed by atoms with Gasteiger partial charge in [-0.3, -0.25) is 4.79 Å². The van der Waals surface area contributed by atoms with Crippen molar-refractivity contribution in [2.45, 2.75) is 46.3 Å². The zero-order valence-corrected chi connectivity index (χ0v) is 11.9. The summed E-state index contributed by atoms with van der Waals surface area (Å²) < 4.78 is 18.4. The first-order valence-electron chi connectivity index (χ1n) is 6.66. The van der Waals surface area contributed by atoms with Gasteiger partial charge in [0.05, 0.1) is 0 Å². The SMILES string of the molecule is CC[C@@H](Oc1ccc(F)cc1)C(=O)N[C@H](C)C(C)C. The number of nitrogens with one attached hydrogen (secondary N) is 1. The quantitative estimate of drug-likeness (QED) is 0.860. The summed E-state index contributed by atoms with van der Waals surface area (Å²) in [5.74, 6) is 0.416. The van der Waals surface area contributed by atoms with Gasteiger partial charge in [0, 0.05) is 6.04 Å². The van der Waals surface area contributed by atoms with Crippen LogP contribution in [0, 0.1) is 11.7 Å². The van der Waals surface area contributed by atoms with Crippen LogP contribution in [0.1, 0.15) is 34.1 Å². The number of hydrogen-bond donors (Lipinski definition) is 1. The number of benzene rings is 1. The Bertz CT molecular complexity index is 403. The number of hydrogen-bond acceptors (Lipinski definition) is 2. The Labute approximate surface area is 114 Å². The van der Waals surface area contributed by atoms with Gasteiger partial charge in [-0.25, -0.2) is 4.39 Å². The summed E-state index contributed by atoms with van der Waals surface area (Å²) in [6, 6.07) is 5.78. The molecule has 106 valence electrons. The smallest absolute Gasteiger partial charge is 0.261 e. The number of carbonyl (C=O) groups excluding carboxylic acids is 1. The van der Waals surface area contributed by atoms with Crippen molar-refractivity contribution in [3.63, 3.8) is 0 Å². The molecular weight excluding hydrogens is 245 g/mol. The van der Waals surface area contributed by atoms with E-state index >= 15 is 0 Å². The maximum absolute atomic E-state index is 12.8. The van der Waals surface area contributed by atoms with Crippen LogP contribution < -0.4 is 10.1 Å². The maximum Gasteiger partial charge on any atom is 0.261 e. The third-order valence-corrected chi connectivity index (χ3v) is 3.13. The van der Waals surface area contributed by atoms with E-state index in [1.807, 2.05) is 27.7 Å². The maximum atomic E-state index is 12.8. The molecule has 3 nitrogen and oxygen atoms in total. The molecule has 1 N–H and O–H groups in total. The number of rotatable bonds is 6. The lowest BCUT2D eigenvalue weighted by atomic mass is 10.1. The van der Waals surface area contributed by atoms with Crippen molar-refractivity contribution >= 4 is 5.91 Å². The fraction of sp³-hybridized carbons (Fsp3) is 0.533. The van der Waals surface area contributed by atoms with Gasteiger partial charge in [0.15, 0.2) is 6.10 Å². The molecule has 4 heteroatoms. The minimum atomic E-state index is -0.549. The molecule has 0 aromatic heterocycles. The van der Waals surface area contributed by atoms with E-state index in [0.29, 0.717) is 18.1 Å². The molecule has 0 heterocycles. The van der Waals surface area contributed by atoms with Crippen molar-refractivity contribution < 1.29 is 13.9 Å². The fourth-order valence-corrected chi connectivity index (χ4v) is 1.48. The minimum Gasteiger partial charge on any atom is -0.481 e. The summed E-state index contributed by atoms with van der Waals surface area (Å²) in [4.78, 5) is 12.1. The van der Waals surface area contributed by atoms with E-state index in [0.717, 1.165) is 0 Å². The minimum absolute atomic E-state index is 0.0957. The molecule has 0 aliphatic heterocycles. The van der Waals surface area contributed by atoms with Crippen LogP contribution in [0.5, 0.6) is 5.75 Å². The second-order valence-corrected chi connectivity index (χ2v) is 5.01. The summed E-state index contributed by atoms with van der Waals surface area (Å²) in [6.07, 6.45) is 0.0141. The third-order valence-electron chi connectivity index (χ3n) is 3.13. The Morgan fingerprint density at radius 3 is 2.32 bits per heavy atom. The first kappa shape index (κ1) is 15.5. The van der Waals surface area contributed by atoms with Crippen LogP contribution in [0.4, 0.5) is 4.39 Å². The number of amides is 1. The molecule has 1 aromatic carbocycles. The molecule has 0 radical (unpaired) electrons. The molecule has 1 aromatic rings. The van der Waals surface area contributed by atoms with Crippen LogP contribution in [0.2, 0.25) is 0 Å². The topological polar surface area (TPSA) is 38.3 Å². The third kappa shape index (κ3) is 4.89. The van der Waals surface area contributed by atoms with E-state index in [9.17, 15) is 9.18 Å². The monoisotopic (exact) mass is 267 g/mol. The van der Waals surface area contributed by atoms with Gasteiger partial charge in [-0.2, -0.15) is 0 Å². The summed E-state index contributed by atoms with van der Waals surface area (Å²) >= 11 is 0. The van der Waals surface area contributed by atoms with Crippen LogP contribution >= 0.6 is 0 Å². The van der Waals surface area contributed by atoms with Crippen LogP contribution in [-0.2, 0) is 4.79 Å².